The molecule has 13 nitrogen and oxygen atoms in total. The molecule has 1 aliphatic heterocycles. The Balaban J connectivity index is 1.16. The lowest BCUT2D eigenvalue weighted by molar-refractivity contribution is 0.0942. The molecule has 6 rings (SSSR count). The summed E-state index contributed by atoms with van der Waals surface area (Å²) in [6.07, 6.45) is 4.04. The molecule has 0 bridgehead atoms. The SMILES string of the molecule is Cc1c(COc2cc(OCc3cncc(C#N)c3)c(CN3CCC(c4nnn[nH]4)C3)cc2Cl)cccc1-c1cccc(OCCCNCC(O)CO)c1Cl. The fourth-order valence-corrected chi connectivity index (χ4v) is 6.87. The highest BCUT2D eigenvalue weighted by atomic mass is 35.5. The van der Waals surface area contributed by atoms with E-state index in [9.17, 15) is 10.4 Å². The molecule has 2 unspecified atom stereocenters. The summed E-state index contributed by atoms with van der Waals surface area (Å²) in [6.45, 7) is 5.83. The lowest BCUT2D eigenvalue weighted by atomic mass is 9.96. The van der Waals surface area contributed by atoms with E-state index >= 15 is 0 Å². The third-order valence-corrected chi connectivity index (χ3v) is 9.96. The van der Waals surface area contributed by atoms with Crippen molar-refractivity contribution in [1.29, 1.82) is 5.26 Å². The Kier molecular flexibility index (Phi) is 13.7. The van der Waals surface area contributed by atoms with Crippen molar-refractivity contribution in [3.63, 3.8) is 0 Å². The lowest BCUT2D eigenvalue weighted by Crippen LogP contribution is -2.30. The number of rotatable bonds is 18. The number of likely N-dealkylation sites (tertiary alicyclic amines) is 1. The maximum Gasteiger partial charge on any atom is 0.152 e. The van der Waals surface area contributed by atoms with Crippen molar-refractivity contribution in [2.45, 2.75) is 51.5 Å². The molecule has 2 aromatic heterocycles. The van der Waals surface area contributed by atoms with Crippen LogP contribution in [0.4, 0.5) is 0 Å². The number of aromatic nitrogens is 5. The Morgan fingerprint density at radius 1 is 1.02 bits per heavy atom. The summed E-state index contributed by atoms with van der Waals surface area (Å²) < 4.78 is 18.7. The molecule has 3 heterocycles. The minimum atomic E-state index is -0.780. The summed E-state index contributed by atoms with van der Waals surface area (Å²) in [5, 5.41) is 46.3. The van der Waals surface area contributed by atoms with Gasteiger partial charge in [-0.3, -0.25) is 9.88 Å². The summed E-state index contributed by atoms with van der Waals surface area (Å²) in [6, 6.07) is 19.3. The van der Waals surface area contributed by atoms with Crippen LogP contribution in [0.25, 0.3) is 11.1 Å². The summed E-state index contributed by atoms with van der Waals surface area (Å²) in [4.78, 5) is 6.49. The Labute approximate surface area is 323 Å². The van der Waals surface area contributed by atoms with Gasteiger partial charge in [-0.05, 0) is 78.2 Å². The number of halogens is 2. The number of aliphatic hydroxyl groups excluding tert-OH is 2. The largest absolute Gasteiger partial charge is 0.492 e. The predicted octanol–water partition coefficient (Wildman–Crippen LogP) is 5.61. The number of aromatic amines is 1. The zero-order chi connectivity index (χ0) is 37.9. The fraction of sp³-hybridized carbons (Fsp3) is 0.359. The minimum absolute atomic E-state index is 0.207. The molecule has 2 atom stereocenters. The van der Waals surface area contributed by atoms with Crippen LogP contribution in [0.1, 0.15) is 52.4 Å². The standard InChI is InChI=1S/C39H42Cl2N8O5/c1-25-29(5-2-6-32(25)33-7-3-8-35(38(33)41)52-12-4-10-43-19-31(51)22-50)24-54-37-15-36(53-23-27-13-26(16-42)17-44-18-27)30(14-34(37)40)21-49-11-9-28(20-49)39-45-47-48-46-39/h2-3,5-8,13-15,17-18,28,31,43,50-51H,4,9-12,19-24H2,1H3,(H,45,46,47,48). The van der Waals surface area contributed by atoms with Gasteiger partial charge in [-0.15, -0.1) is 5.10 Å². The third kappa shape index (κ3) is 10.0. The van der Waals surface area contributed by atoms with Gasteiger partial charge in [0, 0.05) is 60.7 Å². The molecular weight excluding hydrogens is 731 g/mol. The van der Waals surface area contributed by atoms with Gasteiger partial charge in [-0.2, -0.15) is 5.26 Å². The topological polar surface area (TPSA) is 175 Å². The van der Waals surface area contributed by atoms with Crippen molar-refractivity contribution in [1.82, 2.24) is 35.8 Å². The van der Waals surface area contributed by atoms with Gasteiger partial charge in [-0.25, -0.2) is 5.10 Å². The van der Waals surface area contributed by atoms with Gasteiger partial charge in [-0.1, -0.05) is 53.5 Å². The van der Waals surface area contributed by atoms with Gasteiger partial charge < -0.3 is 29.7 Å². The fourth-order valence-electron chi connectivity index (χ4n) is 6.34. The number of ether oxygens (including phenoxy) is 3. The van der Waals surface area contributed by atoms with Gasteiger partial charge in [0.25, 0.3) is 0 Å². The Morgan fingerprint density at radius 3 is 2.67 bits per heavy atom. The third-order valence-electron chi connectivity index (χ3n) is 9.28. The van der Waals surface area contributed by atoms with Crippen molar-refractivity contribution < 1.29 is 24.4 Å². The zero-order valence-electron chi connectivity index (χ0n) is 29.8. The van der Waals surface area contributed by atoms with E-state index in [1.54, 1.807) is 12.3 Å². The second-order valence-corrected chi connectivity index (χ2v) is 13.9. The Morgan fingerprint density at radius 2 is 1.85 bits per heavy atom. The molecule has 0 aliphatic carbocycles. The first-order chi connectivity index (χ1) is 26.3. The smallest absolute Gasteiger partial charge is 0.152 e. The van der Waals surface area contributed by atoms with Gasteiger partial charge in [0.1, 0.15) is 36.5 Å². The highest BCUT2D eigenvalue weighted by molar-refractivity contribution is 6.35. The molecule has 0 radical (unpaired) electrons. The summed E-state index contributed by atoms with van der Waals surface area (Å²) in [5.74, 6) is 2.66. The number of hydrogen-bond donors (Lipinski definition) is 4. The van der Waals surface area contributed by atoms with Gasteiger partial charge in [0.15, 0.2) is 5.82 Å². The summed E-state index contributed by atoms with van der Waals surface area (Å²) >= 11 is 13.8. The first-order valence-corrected chi connectivity index (χ1v) is 18.5. The van der Waals surface area contributed by atoms with Crippen LogP contribution in [0.15, 0.2) is 67.0 Å². The number of nitriles is 1. The van der Waals surface area contributed by atoms with E-state index in [2.05, 4.69) is 41.9 Å². The van der Waals surface area contributed by atoms with Gasteiger partial charge >= 0.3 is 0 Å². The molecule has 3 aromatic carbocycles. The number of benzene rings is 3. The van der Waals surface area contributed by atoms with Crippen LogP contribution in [0.5, 0.6) is 17.2 Å². The van der Waals surface area contributed by atoms with Crippen LogP contribution in [0.2, 0.25) is 10.0 Å². The average molecular weight is 774 g/mol. The van der Waals surface area contributed by atoms with E-state index in [1.807, 2.05) is 55.5 Å². The number of H-pyrrole nitrogens is 1. The first-order valence-electron chi connectivity index (χ1n) is 17.7. The average Bonchev–Trinajstić information content (AvgIpc) is 3.90. The van der Waals surface area contributed by atoms with E-state index in [-0.39, 0.29) is 25.7 Å². The molecule has 1 aliphatic rings. The maximum absolute atomic E-state index is 9.48. The molecule has 282 valence electrons. The number of nitrogens with zero attached hydrogens (tertiary/aromatic N) is 6. The zero-order valence-corrected chi connectivity index (χ0v) is 31.4. The molecule has 0 amide bonds. The molecule has 4 N–H and O–H groups in total. The van der Waals surface area contributed by atoms with E-state index in [0.29, 0.717) is 65.5 Å². The molecule has 0 saturated carbocycles. The summed E-state index contributed by atoms with van der Waals surface area (Å²) in [7, 11) is 0. The molecule has 54 heavy (non-hydrogen) atoms. The van der Waals surface area contributed by atoms with Crippen LogP contribution in [0, 0.1) is 18.3 Å². The highest BCUT2D eigenvalue weighted by Crippen LogP contribution is 2.39. The van der Waals surface area contributed by atoms with Crippen molar-refractivity contribution in [2.24, 2.45) is 0 Å². The summed E-state index contributed by atoms with van der Waals surface area (Å²) in [5.41, 5.74) is 5.88. The van der Waals surface area contributed by atoms with Gasteiger partial charge in [0.05, 0.1) is 34.9 Å². The molecule has 1 fully saturated rings. The first kappa shape index (κ1) is 38.9. The highest BCUT2D eigenvalue weighted by Gasteiger charge is 2.27. The van der Waals surface area contributed by atoms with Crippen LogP contribution < -0.4 is 19.5 Å². The number of pyridine rings is 1. The van der Waals surface area contributed by atoms with Gasteiger partial charge in [0.2, 0.25) is 0 Å². The molecule has 1 saturated heterocycles. The normalized spacial score (nSPS) is 14.9. The Hall–Kier alpha value is -4.81. The molecule has 0 spiro atoms. The quantitative estimate of drug-likeness (QED) is 0.0813. The van der Waals surface area contributed by atoms with E-state index in [1.165, 1.54) is 6.20 Å². The molecule has 5 aromatic rings. The van der Waals surface area contributed by atoms with Crippen LogP contribution in [-0.4, -0.2) is 86.2 Å². The van der Waals surface area contributed by atoms with E-state index < -0.39 is 6.10 Å². The molecular formula is C39H42Cl2N8O5. The Bertz CT molecular complexity index is 2040. The molecule has 15 heteroatoms. The minimum Gasteiger partial charge on any atom is -0.492 e. The van der Waals surface area contributed by atoms with Crippen LogP contribution in [-0.2, 0) is 19.8 Å². The number of nitrogens with one attached hydrogen (secondary N) is 2. The second kappa shape index (κ2) is 19.0. The van der Waals surface area contributed by atoms with E-state index in [4.69, 9.17) is 42.5 Å². The van der Waals surface area contributed by atoms with Crippen molar-refractivity contribution in [2.75, 3.05) is 39.4 Å². The number of aliphatic hydroxyl groups is 2. The van der Waals surface area contributed by atoms with Crippen LogP contribution >= 0.6 is 23.2 Å². The predicted molar refractivity (Wildman–Crippen MR) is 204 cm³/mol. The number of hydrogen-bond acceptors (Lipinski definition) is 12. The van der Waals surface area contributed by atoms with Crippen LogP contribution in [0.3, 0.4) is 0 Å². The second-order valence-electron chi connectivity index (χ2n) is 13.1. The number of tetrazole rings is 1. The van der Waals surface area contributed by atoms with Crippen molar-refractivity contribution in [3.8, 4) is 34.4 Å². The van der Waals surface area contributed by atoms with Crippen molar-refractivity contribution in [3.05, 3.63) is 111 Å². The maximum atomic E-state index is 9.48. The van der Waals surface area contributed by atoms with Crippen molar-refractivity contribution >= 4 is 23.2 Å². The lowest BCUT2D eigenvalue weighted by Gasteiger charge is -2.20. The monoisotopic (exact) mass is 772 g/mol. The van der Waals surface area contributed by atoms with E-state index in [0.717, 1.165) is 58.7 Å².